The van der Waals surface area contributed by atoms with E-state index in [1.54, 1.807) is 7.11 Å². The number of aliphatic imine (C=N–C) groups is 1. The molecule has 1 fully saturated rings. The third-order valence-electron chi connectivity index (χ3n) is 5.58. The van der Waals surface area contributed by atoms with Gasteiger partial charge in [-0.25, -0.2) is 9.98 Å². The minimum absolute atomic E-state index is 0.331. The number of imidazole rings is 1. The smallest absolute Gasteiger partial charge is 0.191 e. The third kappa shape index (κ3) is 5.58. The van der Waals surface area contributed by atoms with E-state index in [4.69, 9.17) is 9.73 Å². The Bertz CT molecular complexity index is 734. The van der Waals surface area contributed by atoms with E-state index < -0.39 is 0 Å². The third-order valence-corrected chi connectivity index (χ3v) is 5.58. The monoisotopic (exact) mass is 383 g/mol. The van der Waals surface area contributed by atoms with Crippen LogP contribution >= 0.6 is 0 Å². The molecule has 1 aliphatic rings. The Hall–Kier alpha value is -2.34. The van der Waals surface area contributed by atoms with E-state index in [1.807, 2.05) is 24.4 Å². The van der Waals surface area contributed by atoms with E-state index >= 15 is 0 Å². The molecule has 1 aromatic heterocycles. The van der Waals surface area contributed by atoms with E-state index in [1.165, 1.54) is 25.7 Å². The van der Waals surface area contributed by atoms with E-state index in [-0.39, 0.29) is 0 Å². The molecule has 2 aromatic rings. The van der Waals surface area contributed by atoms with Crippen molar-refractivity contribution in [3.05, 3.63) is 42.4 Å². The van der Waals surface area contributed by atoms with Gasteiger partial charge < -0.3 is 20.4 Å². The topological polar surface area (TPSA) is 74.3 Å². The molecule has 152 valence electrons. The number of methoxy groups -OCH3 is 1. The summed E-state index contributed by atoms with van der Waals surface area (Å²) in [6.07, 6.45) is 8.14. The van der Waals surface area contributed by atoms with Gasteiger partial charge in [-0.3, -0.25) is 0 Å². The van der Waals surface area contributed by atoms with E-state index in [0.717, 1.165) is 49.2 Å². The molecule has 3 rings (SSSR count). The van der Waals surface area contributed by atoms with Gasteiger partial charge >= 0.3 is 0 Å². The molecular formula is C22H33N5O. The number of aromatic amines is 1. The number of guanidine groups is 1. The minimum Gasteiger partial charge on any atom is -0.385 e. The lowest BCUT2D eigenvalue weighted by Crippen LogP contribution is -2.43. The number of H-pyrrole nitrogens is 1. The molecule has 6 nitrogen and oxygen atoms in total. The number of benzene rings is 1. The molecule has 0 aliphatic heterocycles. The van der Waals surface area contributed by atoms with Gasteiger partial charge in [-0.1, -0.05) is 43.2 Å². The molecule has 0 unspecified atom stereocenters. The standard InChI is InChI=1S/C22H33N5O/c1-3-23-21(26-17-22(13-14-28-2)11-7-8-12-22)25-16-20-24-15-19(27-20)18-9-5-4-6-10-18/h4-6,9-10,15H,3,7-8,11-14,16-17H2,1-2H3,(H,24,27)(H2,23,25,26). The van der Waals surface area contributed by atoms with Crippen molar-refractivity contribution in [1.29, 1.82) is 0 Å². The molecule has 0 spiro atoms. The van der Waals surface area contributed by atoms with Crippen molar-refractivity contribution in [2.24, 2.45) is 10.4 Å². The molecule has 0 radical (unpaired) electrons. The summed E-state index contributed by atoms with van der Waals surface area (Å²) >= 11 is 0. The van der Waals surface area contributed by atoms with Crippen LogP contribution in [0.1, 0.15) is 44.9 Å². The van der Waals surface area contributed by atoms with Gasteiger partial charge in [0.1, 0.15) is 12.4 Å². The number of nitrogens with one attached hydrogen (secondary N) is 3. The molecule has 1 aromatic carbocycles. The Morgan fingerprint density at radius 1 is 1.21 bits per heavy atom. The maximum absolute atomic E-state index is 5.34. The van der Waals surface area contributed by atoms with Crippen molar-refractivity contribution in [2.45, 2.75) is 45.6 Å². The first-order valence-corrected chi connectivity index (χ1v) is 10.3. The molecule has 1 aliphatic carbocycles. The number of nitrogens with zero attached hydrogens (tertiary/aromatic N) is 2. The second kappa shape index (κ2) is 10.3. The highest BCUT2D eigenvalue weighted by Crippen LogP contribution is 2.40. The SMILES string of the molecule is CCNC(=NCc1ncc(-c2ccccc2)[nH]1)NCC1(CCOC)CCCC1. The van der Waals surface area contributed by atoms with Crippen LogP contribution in [0.25, 0.3) is 11.3 Å². The predicted octanol–water partition coefficient (Wildman–Crippen LogP) is 3.73. The fourth-order valence-corrected chi connectivity index (χ4v) is 3.93. The summed E-state index contributed by atoms with van der Waals surface area (Å²) in [6, 6.07) is 10.2. The Labute approximate surface area is 168 Å². The lowest BCUT2D eigenvalue weighted by molar-refractivity contribution is 0.138. The Morgan fingerprint density at radius 3 is 2.71 bits per heavy atom. The summed E-state index contributed by atoms with van der Waals surface area (Å²) in [5.74, 6) is 1.72. The summed E-state index contributed by atoms with van der Waals surface area (Å²) in [5, 5.41) is 6.92. The number of hydrogen-bond acceptors (Lipinski definition) is 3. The Balaban J connectivity index is 1.60. The normalized spacial score (nSPS) is 16.3. The van der Waals surface area contributed by atoms with Crippen LogP contribution in [-0.2, 0) is 11.3 Å². The summed E-state index contributed by atoms with van der Waals surface area (Å²) in [7, 11) is 1.79. The van der Waals surface area contributed by atoms with E-state index in [2.05, 4.69) is 39.7 Å². The van der Waals surface area contributed by atoms with Crippen LogP contribution in [0.2, 0.25) is 0 Å². The zero-order chi connectivity index (χ0) is 19.7. The second-order valence-corrected chi connectivity index (χ2v) is 7.61. The van der Waals surface area contributed by atoms with Crippen LogP contribution < -0.4 is 10.6 Å². The van der Waals surface area contributed by atoms with Crippen molar-refractivity contribution in [3.8, 4) is 11.3 Å². The van der Waals surface area contributed by atoms with Crippen LogP contribution in [0.15, 0.2) is 41.5 Å². The van der Waals surface area contributed by atoms with Crippen molar-refractivity contribution in [3.63, 3.8) is 0 Å². The molecule has 0 saturated heterocycles. The van der Waals surface area contributed by atoms with Crippen molar-refractivity contribution in [2.75, 3.05) is 26.8 Å². The van der Waals surface area contributed by atoms with Crippen LogP contribution in [0.4, 0.5) is 0 Å². The lowest BCUT2D eigenvalue weighted by Gasteiger charge is -2.29. The first kappa shape index (κ1) is 20.4. The number of ether oxygens (including phenoxy) is 1. The fourth-order valence-electron chi connectivity index (χ4n) is 3.93. The molecule has 3 N–H and O–H groups in total. The van der Waals surface area contributed by atoms with Gasteiger partial charge in [0.2, 0.25) is 0 Å². The number of rotatable bonds is 9. The summed E-state index contributed by atoms with van der Waals surface area (Å²) in [4.78, 5) is 12.6. The highest BCUT2D eigenvalue weighted by Gasteiger charge is 2.33. The number of aromatic nitrogens is 2. The highest BCUT2D eigenvalue weighted by atomic mass is 16.5. The van der Waals surface area contributed by atoms with Gasteiger partial charge in [-0.05, 0) is 37.2 Å². The summed E-state index contributed by atoms with van der Waals surface area (Å²) < 4.78 is 5.34. The molecule has 0 atom stereocenters. The van der Waals surface area contributed by atoms with Crippen molar-refractivity contribution in [1.82, 2.24) is 20.6 Å². The molecule has 0 bridgehead atoms. The van der Waals surface area contributed by atoms with Gasteiger partial charge in [0, 0.05) is 26.8 Å². The van der Waals surface area contributed by atoms with Gasteiger partial charge in [-0.2, -0.15) is 0 Å². The minimum atomic E-state index is 0.331. The summed E-state index contributed by atoms with van der Waals surface area (Å²) in [6.45, 7) is 5.21. The quantitative estimate of drug-likeness (QED) is 0.456. The molecule has 1 saturated carbocycles. The first-order valence-electron chi connectivity index (χ1n) is 10.3. The largest absolute Gasteiger partial charge is 0.385 e. The second-order valence-electron chi connectivity index (χ2n) is 7.61. The maximum Gasteiger partial charge on any atom is 0.191 e. The van der Waals surface area contributed by atoms with Crippen LogP contribution in [0, 0.1) is 5.41 Å². The van der Waals surface area contributed by atoms with Gasteiger partial charge in [-0.15, -0.1) is 0 Å². The van der Waals surface area contributed by atoms with Crippen molar-refractivity contribution < 1.29 is 4.74 Å². The van der Waals surface area contributed by atoms with Crippen LogP contribution in [-0.4, -0.2) is 42.7 Å². The fraction of sp³-hybridized carbons (Fsp3) is 0.545. The predicted molar refractivity (Wildman–Crippen MR) is 114 cm³/mol. The Morgan fingerprint density at radius 2 is 2.00 bits per heavy atom. The van der Waals surface area contributed by atoms with Crippen LogP contribution in [0.3, 0.4) is 0 Å². The van der Waals surface area contributed by atoms with Crippen LogP contribution in [0.5, 0.6) is 0 Å². The molecule has 1 heterocycles. The van der Waals surface area contributed by atoms with Crippen molar-refractivity contribution >= 4 is 5.96 Å². The Kier molecular flexibility index (Phi) is 7.48. The maximum atomic E-state index is 5.34. The van der Waals surface area contributed by atoms with Gasteiger partial charge in [0.15, 0.2) is 5.96 Å². The molecule has 0 amide bonds. The van der Waals surface area contributed by atoms with Gasteiger partial charge in [0.25, 0.3) is 0 Å². The van der Waals surface area contributed by atoms with Gasteiger partial charge in [0.05, 0.1) is 11.9 Å². The molecular weight excluding hydrogens is 350 g/mol. The molecule has 6 heteroatoms. The first-order chi connectivity index (χ1) is 13.7. The van der Waals surface area contributed by atoms with E-state index in [0.29, 0.717) is 12.0 Å². The zero-order valence-electron chi connectivity index (χ0n) is 17.1. The molecule has 28 heavy (non-hydrogen) atoms. The summed E-state index contributed by atoms with van der Waals surface area (Å²) in [5.41, 5.74) is 2.49. The highest BCUT2D eigenvalue weighted by molar-refractivity contribution is 5.79. The average Bonchev–Trinajstić information content (AvgIpc) is 3.40. The average molecular weight is 384 g/mol. The number of hydrogen-bond donors (Lipinski definition) is 3. The lowest BCUT2D eigenvalue weighted by atomic mass is 9.83. The zero-order valence-corrected chi connectivity index (χ0v) is 17.1. The van der Waals surface area contributed by atoms with E-state index in [9.17, 15) is 0 Å².